The molecule has 0 radical (unpaired) electrons. The van der Waals surface area contributed by atoms with Crippen LogP contribution in [-0.4, -0.2) is 114 Å². The molecule has 3 aromatic heterocycles. The average Bonchev–Trinajstić information content (AvgIpc) is 3.27. The number of pyridine rings is 2. The zero-order valence-corrected chi connectivity index (χ0v) is 38.4. The third-order valence-electron chi connectivity index (χ3n) is 12.3. The number of nitrogens with one attached hydrogen (secondary N) is 3. The van der Waals surface area contributed by atoms with Crippen LogP contribution >= 0.6 is 23.1 Å². The molecular formula is C45H52BrF2N10O4P. The lowest BCUT2D eigenvalue weighted by Crippen LogP contribution is -2.53. The van der Waals surface area contributed by atoms with Crippen molar-refractivity contribution >= 4 is 80.1 Å². The molecule has 6 heterocycles. The smallest absolute Gasteiger partial charge is 0.234 e. The van der Waals surface area contributed by atoms with E-state index in [9.17, 15) is 14.2 Å². The first-order chi connectivity index (χ1) is 30.3. The average molecular weight is 946 g/mol. The molecule has 3 aliphatic rings. The van der Waals surface area contributed by atoms with Gasteiger partial charge in [-0.25, -0.2) is 13.8 Å². The van der Waals surface area contributed by atoms with Gasteiger partial charge in [-0.3, -0.25) is 29.8 Å². The summed E-state index contributed by atoms with van der Waals surface area (Å²) in [5.74, 6) is -2.04. The Morgan fingerprint density at radius 1 is 0.937 bits per heavy atom. The minimum Gasteiger partial charge on any atom is -0.494 e. The number of carbonyl (C=O) groups is 2. The van der Waals surface area contributed by atoms with E-state index in [1.165, 1.54) is 17.7 Å². The number of nitrogens with zero attached hydrogens (tertiary/aromatic N) is 7. The second kappa shape index (κ2) is 18.9. The van der Waals surface area contributed by atoms with E-state index >= 15 is 8.78 Å². The molecule has 14 nitrogen and oxygen atoms in total. The number of hydrogen-bond donors (Lipinski definition) is 3. The van der Waals surface area contributed by atoms with Gasteiger partial charge in [0.05, 0.1) is 45.9 Å². The van der Waals surface area contributed by atoms with E-state index in [0.29, 0.717) is 68.6 Å². The Bertz CT molecular complexity index is 2560. The van der Waals surface area contributed by atoms with Crippen molar-refractivity contribution in [2.75, 3.05) is 81.8 Å². The third kappa shape index (κ3) is 9.86. The van der Waals surface area contributed by atoms with Crippen LogP contribution in [-0.2, 0) is 27.0 Å². The van der Waals surface area contributed by atoms with E-state index in [-0.39, 0.29) is 18.4 Å². The number of hydrogen-bond acceptors (Lipinski definition) is 13. The zero-order valence-electron chi connectivity index (χ0n) is 35.9. The standard InChI is InChI=1S/C45H52BrF2N10O4P/c1-5-28-23-35(53-45-51-25-31(46)43(55-45)52-36-26-50-34-7-6-13-49-41(34)42(36)63(3,4)61)38(62-2)24-37(28)58-15-11-29(12-16-58)57-19-17-56(18-20-57)14-10-27-21-32(47)40(33(48)22-27)30-8-9-39(59)54-44(30)60/h6-7,13,21-26,29-30H,5,8-12,14-20H2,1-4H3,(H,54,59,60)(H2,51,52,53,55). The molecule has 18 heteroatoms. The van der Waals surface area contributed by atoms with E-state index in [1.54, 1.807) is 45.1 Å². The molecule has 3 saturated heterocycles. The van der Waals surface area contributed by atoms with Crippen LogP contribution in [0, 0.1) is 11.6 Å². The van der Waals surface area contributed by atoms with Crippen LogP contribution in [0.25, 0.3) is 11.0 Å². The number of ether oxygens (including phenoxy) is 1. The normalized spacial score (nSPS) is 18.1. The second-order valence-electron chi connectivity index (χ2n) is 16.7. The lowest BCUT2D eigenvalue weighted by molar-refractivity contribution is -0.134. The molecule has 0 spiro atoms. The fourth-order valence-electron chi connectivity index (χ4n) is 9.06. The molecule has 63 heavy (non-hydrogen) atoms. The molecule has 0 bridgehead atoms. The summed E-state index contributed by atoms with van der Waals surface area (Å²) in [4.78, 5) is 49.5. The number of methoxy groups -OCH3 is 1. The fraction of sp³-hybridized carbons (Fsp3) is 0.422. The first-order valence-electron chi connectivity index (χ1n) is 21.4. The molecule has 0 saturated carbocycles. The molecule has 332 valence electrons. The van der Waals surface area contributed by atoms with Gasteiger partial charge in [-0.15, -0.1) is 0 Å². The van der Waals surface area contributed by atoms with Crippen LogP contribution in [0.1, 0.15) is 55.2 Å². The molecule has 3 fully saturated rings. The Morgan fingerprint density at radius 3 is 2.37 bits per heavy atom. The van der Waals surface area contributed by atoms with Gasteiger partial charge in [0.1, 0.15) is 35.9 Å². The number of anilines is 5. The number of piperidine rings is 2. The van der Waals surface area contributed by atoms with Gasteiger partial charge in [-0.1, -0.05) is 6.92 Å². The SMILES string of the molecule is CCc1cc(Nc2ncc(Br)c(Nc3cnc4cccnc4c3P(C)(C)=O)n2)c(OC)cc1N1CCC(N2CCN(CCc3cc(F)c(C4CCC(=O)NC4=O)c(F)c3)CC2)CC1. The summed E-state index contributed by atoms with van der Waals surface area (Å²) in [6.07, 6.45) is 8.53. The van der Waals surface area contributed by atoms with Gasteiger partial charge in [-0.05, 0) is 103 Å². The van der Waals surface area contributed by atoms with Crippen LogP contribution in [0.4, 0.5) is 37.6 Å². The number of halogens is 3. The highest BCUT2D eigenvalue weighted by Gasteiger charge is 2.33. The van der Waals surface area contributed by atoms with Gasteiger partial charge in [0.25, 0.3) is 0 Å². The number of carbonyl (C=O) groups excluding carboxylic acids is 2. The quantitative estimate of drug-likeness (QED) is 0.0811. The molecule has 2 aromatic carbocycles. The van der Waals surface area contributed by atoms with Crippen LogP contribution in [0.15, 0.2) is 59.5 Å². The van der Waals surface area contributed by atoms with Crippen molar-refractivity contribution in [3.05, 3.63) is 87.8 Å². The van der Waals surface area contributed by atoms with Crippen LogP contribution in [0.3, 0.4) is 0 Å². The number of aromatic nitrogens is 4. The van der Waals surface area contributed by atoms with Gasteiger partial charge in [0, 0.05) is 88.0 Å². The van der Waals surface area contributed by atoms with Crippen LogP contribution in [0.5, 0.6) is 5.75 Å². The van der Waals surface area contributed by atoms with Gasteiger partial charge in [-0.2, -0.15) is 4.98 Å². The van der Waals surface area contributed by atoms with E-state index in [1.807, 2.05) is 6.07 Å². The van der Waals surface area contributed by atoms with Gasteiger partial charge >= 0.3 is 0 Å². The molecule has 8 rings (SSSR count). The maximum Gasteiger partial charge on any atom is 0.234 e. The highest BCUT2D eigenvalue weighted by molar-refractivity contribution is 9.10. The van der Waals surface area contributed by atoms with Crippen molar-refractivity contribution in [2.24, 2.45) is 0 Å². The highest BCUT2D eigenvalue weighted by Crippen LogP contribution is 2.42. The predicted molar refractivity (Wildman–Crippen MR) is 246 cm³/mol. The van der Waals surface area contributed by atoms with Crippen molar-refractivity contribution in [1.82, 2.24) is 35.1 Å². The number of imide groups is 1. The second-order valence-corrected chi connectivity index (χ2v) is 20.7. The van der Waals surface area contributed by atoms with Crippen molar-refractivity contribution in [3.8, 4) is 5.75 Å². The molecule has 0 aliphatic carbocycles. The van der Waals surface area contributed by atoms with E-state index < -0.39 is 36.5 Å². The lowest BCUT2D eigenvalue weighted by atomic mass is 9.89. The number of benzene rings is 2. The third-order valence-corrected chi connectivity index (χ3v) is 14.4. The largest absolute Gasteiger partial charge is 0.494 e. The topological polar surface area (TPSA) is 158 Å². The Morgan fingerprint density at radius 2 is 1.68 bits per heavy atom. The summed E-state index contributed by atoms with van der Waals surface area (Å²) in [7, 11) is -1.13. The number of rotatable bonds is 13. The van der Waals surface area contributed by atoms with Crippen LogP contribution in [0.2, 0.25) is 0 Å². The van der Waals surface area contributed by atoms with Gasteiger partial charge in [0.2, 0.25) is 17.8 Å². The predicted octanol–water partition coefficient (Wildman–Crippen LogP) is 7.12. The van der Waals surface area contributed by atoms with E-state index in [2.05, 4.69) is 80.6 Å². The van der Waals surface area contributed by atoms with Crippen molar-refractivity contribution in [3.63, 3.8) is 0 Å². The Hall–Kier alpha value is -5.09. The molecule has 1 unspecified atom stereocenters. The highest BCUT2D eigenvalue weighted by atomic mass is 79.9. The Balaban J connectivity index is 0.868. The van der Waals surface area contributed by atoms with Gasteiger partial charge < -0.3 is 29.7 Å². The van der Waals surface area contributed by atoms with Crippen LogP contribution < -0.4 is 30.9 Å². The van der Waals surface area contributed by atoms with Gasteiger partial charge in [0.15, 0.2) is 0 Å². The molecular weight excluding hydrogens is 893 g/mol. The van der Waals surface area contributed by atoms with Crippen molar-refractivity contribution in [2.45, 2.75) is 57.4 Å². The number of amides is 2. The fourth-order valence-corrected chi connectivity index (χ4v) is 10.7. The zero-order chi connectivity index (χ0) is 44.4. The summed E-state index contributed by atoms with van der Waals surface area (Å²) in [5, 5.41) is 9.49. The number of piperazine rings is 1. The maximum atomic E-state index is 15.1. The molecule has 1 atom stereocenters. The molecule has 3 N–H and O–H groups in total. The number of aryl methyl sites for hydroxylation is 1. The monoisotopic (exact) mass is 944 g/mol. The van der Waals surface area contributed by atoms with Crippen molar-refractivity contribution in [1.29, 1.82) is 0 Å². The molecule has 5 aromatic rings. The molecule has 3 aliphatic heterocycles. The summed E-state index contributed by atoms with van der Waals surface area (Å²) < 4.78 is 50.2. The summed E-state index contributed by atoms with van der Waals surface area (Å²) in [5.41, 5.74) is 5.17. The Kier molecular flexibility index (Phi) is 13.4. The van der Waals surface area contributed by atoms with E-state index in [4.69, 9.17) is 9.72 Å². The minimum absolute atomic E-state index is 0.0633. The maximum absolute atomic E-state index is 15.1. The first-order valence-corrected chi connectivity index (χ1v) is 24.8. The lowest BCUT2D eigenvalue weighted by Gasteiger charge is -2.43. The van der Waals surface area contributed by atoms with E-state index in [0.717, 1.165) is 69.9 Å². The van der Waals surface area contributed by atoms with Crippen molar-refractivity contribution < 1.29 is 27.7 Å². The minimum atomic E-state index is -2.79. The summed E-state index contributed by atoms with van der Waals surface area (Å²) in [6, 6.07) is 11.0. The summed E-state index contributed by atoms with van der Waals surface area (Å²) in [6.45, 7) is 11.7. The number of fused-ring (bicyclic) bond motifs is 1. The Labute approximate surface area is 374 Å². The molecule has 2 amide bonds. The first kappa shape index (κ1) is 44.5. The summed E-state index contributed by atoms with van der Waals surface area (Å²) >= 11 is 3.58.